The van der Waals surface area contributed by atoms with Crippen LogP contribution in [0.15, 0.2) is 40.9 Å². The van der Waals surface area contributed by atoms with Crippen LogP contribution >= 0.6 is 15.9 Å². The van der Waals surface area contributed by atoms with E-state index in [0.29, 0.717) is 6.54 Å². The molecule has 4 heteroatoms. The second-order valence-corrected chi connectivity index (χ2v) is 5.20. The number of nitrogen functional groups attached to an aromatic ring is 1. The maximum absolute atomic E-state index is 11.7. The van der Waals surface area contributed by atoms with Gasteiger partial charge in [0.15, 0.2) is 0 Å². The summed E-state index contributed by atoms with van der Waals surface area (Å²) in [5.74, 6) is -0.0111. The van der Waals surface area contributed by atoms with E-state index in [-0.39, 0.29) is 5.91 Å². The van der Waals surface area contributed by atoms with Gasteiger partial charge in [0, 0.05) is 22.3 Å². The molecule has 1 aliphatic heterocycles. The van der Waals surface area contributed by atoms with E-state index in [1.54, 1.807) is 0 Å². The number of hydrogen-bond donors (Lipinski definition) is 2. The fourth-order valence-corrected chi connectivity index (χ4v) is 2.67. The molecule has 2 aromatic carbocycles. The first-order valence-corrected chi connectivity index (χ1v) is 6.41. The van der Waals surface area contributed by atoms with Crippen molar-refractivity contribution in [1.82, 2.24) is 5.32 Å². The van der Waals surface area contributed by atoms with E-state index in [2.05, 4.69) is 21.2 Å². The van der Waals surface area contributed by atoms with E-state index >= 15 is 0 Å². The van der Waals surface area contributed by atoms with Crippen LogP contribution in [0.5, 0.6) is 0 Å². The van der Waals surface area contributed by atoms with Crippen molar-refractivity contribution in [3.63, 3.8) is 0 Å². The van der Waals surface area contributed by atoms with Crippen LogP contribution in [0.1, 0.15) is 15.9 Å². The number of rotatable bonds is 1. The summed E-state index contributed by atoms with van der Waals surface area (Å²) in [4.78, 5) is 11.7. The number of benzene rings is 2. The van der Waals surface area contributed by atoms with Crippen LogP contribution in [-0.2, 0) is 6.54 Å². The molecule has 1 heterocycles. The van der Waals surface area contributed by atoms with E-state index in [9.17, 15) is 4.79 Å². The Morgan fingerprint density at radius 1 is 1.11 bits per heavy atom. The number of amides is 1. The normalized spacial score (nSPS) is 13.3. The van der Waals surface area contributed by atoms with Gasteiger partial charge in [-0.1, -0.05) is 28.1 Å². The molecule has 0 atom stereocenters. The van der Waals surface area contributed by atoms with E-state index in [1.807, 2.05) is 36.4 Å². The smallest absolute Gasteiger partial charge is 0.251 e. The van der Waals surface area contributed by atoms with Gasteiger partial charge in [0.25, 0.3) is 5.91 Å². The van der Waals surface area contributed by atoms with Gasteiger partial charge in [-0.25, -0.2) is 0 Å². The zero-order chi connectivity index (χ0) is 12.7. The van der Waals surface area contributed by atoms with Gasteiger partial charge < -0.3 is 11.1 Å². The minimum Gasteiger partial charge on any atom is -0.399 e. The van der Waals surface area contributed by atoms with Gasteiger partial charge in [-0.05, 0) is 41.0 Å². The molecule has 0 radical (unpaired) electrons. The highest BCUT2D eigenvalue weighted by Crippen LogP contribution is 2.32. The van der Waals surface area contributed by atoms with Gasteiger partial charge in [0.05, 0.1) is 0 Å². The first-order valence-electron chi connectivity index (χ1n) is 5.61. The Hall–Kier alpha value is -1.81. The number of nitrogens with two attached hydrogens (primary N) is 1. The molecule has 1 amide bonds. The molecule has 0 bridgehead atoms. The third-order valence-corrected chi connectivity index (χ3v) is 3.56. The Kier molecular flexibility index (Phi) is 2.59. The van der Waals surface area contributed by atoms with Crippen LogP contribution in [0.4, 0.5) is 5.69 Å². The third kappa shape index (κ3) is 1.78. The standard InChI is InChI=1S/C14H11BrN2O/c15-9-5-11(8-1-3-10(16)4-2-8)13-7-17-14(18)12(13)6-9/h1-6H,7,16H2,(H,17,18). The van der Waals surface area contributed by atoms with E-state index in [1.165, 1.54) is 0 Å². The molecule has 0 saturated heterocycles. The van der Waals surface area contributed by atoms with Crippen molar-refractivity contribution in [3.05, 3.63) is 52.0 Å². The van der Waals surface area contributed by atoms with Crippen molar-refractivity contribution in [2.75, 3.05) is 5.73 Å². The number of halogens is 1. The summed E-state index contributed by atoms with van der Waals surface area (Å²) < 4.78 is 0.908. The van der Waals surface area contributed by atoms with Crippen molar-refractivity contribution in [2.45, 2.75) is 6.54 Å². The highest BCUT2D eigenvalue weighted by molar-refractivity contribution is 9.10. The Bertz CT molecular complexity index is 635. The molecule has 0 aliphatic carbocycles. The zero-order valence-electron chi connectivity index (χ0n) is 9.53. The molecule has 3 N–H and O–H groups in total. The maximum Gasteiger partial charge on any atom is 0.251 e. The molecule has 0 saturated carbocycles. The summed E-state index contributed by atoms with van der Waals surface area (Å²) in [5.41, 5.74) is 10.4. The summed E-state index contributed by atoms with van der Waals surface area (Å²) >= 11 is 3.45. The molecule has 0 spiro atoms. The predicted molar refractivity (Wildman–Crippen MR) is 75.2 cm³/mol. The fraction of sp³-hybridized carbons (Fsp3) is 0.0714. The molecule has 90 valence electrons. The number of hydrogen-bond acceptors (Lipinski definition) is 2. The number of fused-ring (bicyclic) bond motifs is 1. The van der Waals surface area contributed by atoms with Crippen molar-refractivity contribution in [1.29, 1.82) is 0 Å². The second kappa shape index (κ2) is 4.14. The van der Waals surface area contributed by atoms with Crippen LogP contribution in [-0.4, -0.2) is 5.91 Å². The van der Waals surface area contributed by atoms with Crippen LogP contribution < -0.4 is 11.1 Å². The van der Waals surface area contributed by atoms with E-state index in [0.717, 1.165) is 32.4 Å². The van der Waals surface area contributed by atoms with Gasteiger partial charge >= 0.3 is 0 Å². The monoisotopic (exact) mass is 302 g/mol. The van der Waals surface area contributed by atoms with Gasteiger partial charge in [0.2, 0.25) is 0 Å². The average Bonchev–Trinajstić information content (AvgIpc) is 2.71. The van der Waals surface area contributed by atoms with Crippen LogP contribution in [0.3, 0.4) is 0 Å². The first-order chi connectivity index (χ1) is 8.65. The van der Waals surface area contributed by atoms with Gasteiger partial charge in [0.1, 0.15) is 0 Å². The highest BCUT2D eigenvalue weighted by Gasteiger charge is 2.22. The van der Waals surface area contributed by atoms with Crippen molar-refractivity contribution >= 4 is 27.5 Å². The lowest BCUT2D eigenvalue weighted by atomic mass is 9.97. The Morgan fingerprint density at radius 2 is 1.78 bits per heavy atom. The quantitative estimate of drug-likeness (QED) is 0.796. The lowest BCUT2D eigenvalue weighted by Gasteiger charge is -2.08. The molecular weight excluding hydrogens is 292 g/mol. The highest BCUT2D eigenvalue weighted by atomic mass is 79.9. The van der Waals surface area contributed by atoms with E-state index in [4.69, 9.17) is 5.73 Å². The largest absolute Gasteiger partial charge is 0.399 e. The molecule has 3 nitrogen and oxygen atoms in total. The predicted octanol–water partition coefficient (Wildman–Crippen LogP) is 2.94. The number of carbonyl (C=O) groups is 1. The molecule has 18 heavy (non-hydrogen) atoms. The summed E-state index contributed by atoms with van der Waals surface area (Å²) in [5, 5.41) is 2.85. The lowest BCUT2D eigenvalue weighted by Crippen LogP contribution is -2.12. The van der Waals surface area contributed by atoms with Crippen LogP contribution in [0, 0.1) is 0 Å². The van der Waals surface area contributed by atoms with Crippen molar-refractivity contribution < 1.29 is 4.79 Å². The van der Waals surface area contributed by atoms with Crippen LogP contribution in [0.2, 0.25) is 0 Å². The maximum atomic E-state index is 11.7. The van der Waals surface area contributed by atoms with Crippen LogP contribution in [0.25, 0.3) is 11.1 Å². The van der Waals surface area contributed by atoms with E-state index < -0.39 is 0 Å². The molecule has 2 aromatic rings. The fourth-order valence-electron chi connectivity index (χ4n) is 2.21. The molecular formula is C14H11BrN2O. The summed E-state index contributed by atoms with van der Waals surface area (Å²) in [6, 6.07) is 11.6. The second-order valence-electron chi connectivity index (χ2n) is 4.28. The zero-order valence-corrected chi connectivity index (χ0v) is 11.1. The Balaban J connectivity index is 2.21. The minimum atomic E-state index is -0.0111. The topological polar surface area (TPSA) is 55.1 Å². The number of anilines is 1. The number of nitrogens with one attached hydrogen (secondary N) is 1. The van der Waals surface area contributed by atoms with Crippen molar-refractivity contribution in [2.24, 2.45) is 0 Å². The Labute approximate surface area is 113 Å². The number of carbonyl (C=O) groups excluding carboxylic acids is 1. The van der Waals surface area contributed by atoms with Gasteiger partial charge in [-0.2, -0.15) is 0 Å². The molecule has 0 aromatic heterocycles. The lowest BCUT2D eigenvalue weighted by molar-refractivity contribution is 0.0965. The minimum absolute atomic E-state index is 0.0111. The molecule has 1 aliphatic rings. The molecule has 3 rings (SSSR count). The molecule has 0 unspecified atom stereocenters. The first kappa shape index (κ1) is 11.3. The Morgan fingerprint density at radius 3 is 2.50 bits per heavy atom. The SMILES string of the molecule is Nc1ccc(-c2cc(Br)cc3c2CNC3=O)cc1. The summed E-state index contributed by atoms with van der Waals surface area (Å²) in [6.07, 6.45) is 0. The van der Waals surface area contributed by atoms with Gasteiger partial charge in [-0.15, -0.1) is 0 Å². The average molecular weight is 303 g/mol. The third-order valence-electron chi connectivity index (χ3n) is 3.11. The van der Waals surface area contributed by atoms with Gasteiger partial charge in [-0.3, -0.25) is 4.79 Å². The molecule has 0 fully saturated rings. The summed E-state index contributed by atoms with van der Waals surface area (Å²) in [7, 11) is 0. The summed E-state index contributed by atoms with van der Waals surface area (Å²) in [6.45, 7) is 0.584. The van der Waals surface area contributed by atoms with Crippen molar-refractivity contribution in [3.8, 4) is 11.1 Å².